The summed E-state index contributed by atoms with van der Waals surface area (Å²) >= 11 is 0. The second kappa shape index (κ2) is 8.27. The third-order valence-corrected chi connectivity index (χ3v) is 4.89. The Kier molecular flexibility index (Phi) is 5.83. The van der Waals surface area contributed by atoms with Gasteiger partial charge in [0.2, 0.25) is 5.91 Å². The maximum Gasteiger partial charge on any atom is 0.220 e. The Morgan fingerprint density at radius 3 is 2.71 bits per heavy atom. The number of hydrogen-bond donors (Lipinski definition) is 3. The van der Waals surface area contributed by atoms with Crippen LogP contribution in [-0.4, -0.2) is 30.6 Å². The highest BCUT2D eigenvalue weighted by molar-refractivity contribution is 5.83. The van der Waals surface area contributed by atoms with Crippen LogP contribution in [0, 0.1) is 5.92 Å². The predicted molar refractivity (Wildman–Crippen MR) is 96.7 cm³/mol. The molecule has 1 aliphatic rings. The molecule has 0 aliphatic carbocycles. The summed E-state index contributed by atoms with van der Waals surface area (Å²) in [6, 6.07) is 14.0. The van der Waals surface area contributed by atoms with Gasteiger partial charge < -0.3 is 15.7 Å². The van der Waals surface area contributed by atoms with E-state index in [9.17, 15) is 9.90 Å². The standard InChI is InChI=1S/C20H26N2O2/c23-19(18-7-6-16-3-1-2-4-17(16)13-18)14-22-20(24)8-5-15-9-11-21-12-10-15/h1-4,6-7,13,15,19,21,23H,5,8-12,14H2,(H,22,24). The first-order valence-electron chi connectivity index (χ1n) is 8.86. The number of hydrogen-bond acceptors (Lipinski definition) is 3. The second-order valence-corrected chi connectivity index (χ2v) is 6.66. The maximum absolute atomic E-state index is 12.0. The summed E-state index contributed by atoms with van der Waals surface area (Å²) in [6.45, 7) is 2.39. The van der Waals surface area contributed by atoms with Crippen LogP contribution in [0.25, 0.3) is 10.8 Å². The molecule has 1 atom stereocenters. The number of nitrogens with one attached hydrogen (secondary N) is 2. The van der Waals surface area contributed by atoms with E-state index in [0.717, 1.165) is 48.7 Å². The Morgan fingerprint density at radius 2 is 1.92 bits per heavy atom. The molecule has 2 aromatic carbocycles. The lowest BCUT2D eigenvalue weighted by molar-refractivity contribution is -0.121. The van der Waals surface area contributed by atoms with Gasteiger partial charge in [-0.05, 0) is 60.7 Å². The Hall–Kier alpha value is -1.91. The Balaban J connectivity index is 1.46. The van der Waals surface area contributed by atoms with E-state index in [-0.39, 0.29) is 12.5 Å². The summed E-state index contributed by atoms with van der Waals surface area (Å²) < 4.78 is 0. The number of carbonyl (C=O) groups excluding carboxylic acids is 1. The van der Waals surface area contributed by atoms with Crippen molar-refractivity contribution < 1.29 is 9.90 Å². The molecule has 0 spiro atoms. The molecule has 4 nitrogen and oxygen atoms in total. The zero-order chi connectivity index (χ0) is 16.8. The minimum absolute atomic E-state index is 0.0355. The van der Waals surface area contributed by atoms with E-state index < -0.39 is 6.10 Å². The van der Waals surface area contributed by atoms with Crippen molar-refractivity contribution in [2.45, 2.75) is 31.8 Å². The lowest BCUT2D eigenvalue weighted by Gasteiger charge is -2.22. The first-order chi connectivity index (χ1) is 11.7. The molecule has 0 radical (unpaired) electrons. The van der Waals surface area contributed by atoms with Gasteiger partial charge in [-0.3, -0.25) is 4.79 Å². The quantitative estimate of drug-likeness (QED) is 0.765. The van der Waals surface area contributed by atoms with Crippen molar-refractivity contribution in [3.63, 3.8) is 0 Å². The fourth-order valence-electron chi connectivity index (χ4n) is 3.34. The third-order valence-electron chi connectivity index (χ3n) is 4.89. The summed E-state index contributed by atoms with van der Waals surface area (Å²) in [6.07, 6.45) is 3.15. The molecule has 0 bridgehead atoms. The number of rotatable bonds is 6. The molecule has 3 rings (SSSR count). The normalized spacial score (nSPS) is 16.9. The smallest absolute Gasteiger partial charge is 0.220 e. The van der Waals surface area contributed by atoms with Gasteiger partial charge in [0.05, 0.1) is 6.10 Å². The van der Waals surface area contributed by atoms with Crippen molar-refractivity contribution in [1.29, 1.82) is 0 Å². The summed E-state index contributed by atoms with van der Waals surface area (Å²) in [5.74, 6) is 0.691. The van der Waals surface area contributed by atoms with Crippen molar-refractivity contribution in [2.24, 2.45) is 5.92 Å². The number of amides is 1. The number of fused-ring (bicyclic) bond motifs is 1. The second-order valence-electron chi connectivity index (χ2n) is 6.66. The van der Waals surface area contributed by atoms with Gasteiger partial charge in [0.15, 0.2) is 0 Å². The predicted octanol–water partition coefficient (Wildman–Crippen LogP) is 2.77. The van der Waals surface area contributed by atoms with Gasteiger partial charge >= 0.3 is 0 Å². The van der Waals surface area contributed by atoms with Gasteiger partial charge in [0.1, 0.15) is 0 Å². The number of aliphatic hydroxyl groups is 1. The van der Waals surface area contributed by atoms with Gasteiger partial charge in [0, 0.05) is 13.0 Å². The molecule has 1 heterocycles. The molecule has 1 fully saturated rings. The van der Waals surface area contributed by atoms with Crippen LogP contribution in [-0.2, 0) is 4.79 Å². The minimum atomic E-state index is -0.669. The number of piperidine rings is 1. The number of benzene rings is 2. The molecule has 2 aromatic rings. The van der Waals surface area contributed by atoms with E-state index in [1.54, 1.807) is 0 Å². The molecule has 0 saturated carbocycles. The lowest BCUT2D eigenvalue weighted by atomic mass is 9.93. The van der Waals surface area contributed by atoms with E-state index in [0.29, 0.717) is 12.3 Å². The highest BCUT2D eigenvalue weighted by Gasteiger charge is 2.15. The summed E-state index contributed by atoms with van der Waals surface area (Å²) in [5.41, 5.74) is 0.840. The molecule has 1 aliphatic heterocycles. The number of carbonyl (C=O) groups is 1. The minimum Gasteiger partial charge on any atom is -0.387 e. The van der Waals surface area contributed by atoms with Crippen molar-refractivity contribution in [3.8, 4) is 0 Å². The molecule has 3 N–H and O–H groups in total. The van der Waals surface area contributed by atoms with Crippen molar-refractivity contribution >= 4 is 16.7 Å². The van der Waals surface area contributed by atoms with Crippen LogP contribution in [0.5, 0.6) is 0 Å². The van der Waals surface area contributed by atoms with Crippen LogP contribution in [0.1, 0.15) is 37.4 Å². The third kappa shape index (κ3) is 4.56. The first-order valence-corrected chi connectivity index (χ1v) is 8.86. The van der Waals surface area contributed by atoms with Gasteiger partial charge in [-0.1, -0.05) is 36.4 Å². The Bertz CT molecular complexity index is 680. The zero-order valence-corrected chi connectivity index (χ0v) is 14.0. The molecule has 1 amide bonds. The largest absolute Gasteiger partial charge is 0.387 e. The van der Waals surface area contributed by atoms with E-state index in [1.165, 1.54) is 0 Å². The summed E-state index contributed by atoms with van der Waals surface area (Å²) in [7, 11) is 0. The molecule has 1 unspecified atom stereocenters. The average Bonchev–Trinajstić information content (AvgIpc) is 2.65. The van der Waals surface area contributed by atoms with Gasteiger partial charge in [-0.2, -0.15) is 0 Å². The molecular weight excluding hydrogens is 300 g/mol. The van der Waals surface area contributed by atoms with Crippen LogP contribution in [0.3, 0.4) is 0 Å². The first kappa shape index (κ1) is 16.9. The fraction of sp³-hybridized carbons (Fsp3) is 0.450. The Labute approximate surface area is 143 Å². The van der Waals surface area contributed by atoms with Gasteiger partial charge in [-0.15, -0.1) is 0 Å². The van der Waals surface area contributed by atoms with E-state index in [4.69, 9.17) is 0 Å². The molecule has 1 saturated heterocycles. The SMILES string of the molecule is O=C(CCC1CCNCC1)NCC(O)c1ccc2ccccc2c1. The van der Waals surface area contributed by atoms with Crippen LogP contribution in [0.2, 0.25) is 0 Å². The van der Waals surface area contributed by atoms with Crippen LogP contribution < -0.4 is 10.6 Å². The van der Waals surface area contributed by atoms with Crippen molar-refractivity contribution in [2.75, 3.05) is 19.6 Å². The molecule has 128 valence electrons. The molecule has 0 aromatic heterocycles. The van der Waals surface area contributed by atoms with Gasteiger partial charge in [0.25, 0.3) is 0 Å². The highest BCUT2D eigenvalue weighted by atomic mass is 16.3. The van der Waals surface area contributed by atoms with E-state index >= 15 is 0 Å². The summed E-state index contributed by atoms with van der Waals surface area (Å²) in [4.78, 5) is 12.0. The monoisotopic (exact) mass is 326 g/mol. The van der Waals surface area contributed by atoms with E-state index in [1.807, 2.05) is 42.5 Å². The van der Waals surface area contributed by atoms with Gasteiger partial charge in [-0.25, -0.2) is 0 Å². The highest BCUT2D eigenvalue weighted by Crippen LogP contribution is 2.20. The van der Waals surface area contributed by atoms with Crippen molar-refractivity contribution in [1.82, 2.24) is 10.6 Å². The van der Waals surface area contributed by atoms with Crippen LogP contribution in [0.15, 0.2) is 42.5 Å². The summed E-state index contributed by atoms with van der Waals surface area (Å²) in [5, 5.41) is 18.8. The van der Waals surface area contributed by atoms with Crippen molar-refractivity contribution in [3.05, 3.63) is 48.0 Å². The number of aliphatic hydroxyl groups excluding tert-OH is 1. The lowest BCUT2D eigenvalue weighted by Crippen LogP contribution is -2.31. The molecular formula is C20H26N2O2. The zero-order valence-electron chi connectivity index (χ0n) is 14.0. The molecule has 24 heavy (non-hydrogen) atoms. The average molecular weight is 326 g/mol. The topological polar surface area (TPSA) is 61.4 Å². The van der Waals surface area contributed by atoms with Crippen LogP contribution in [0.4, 0.5) is 0 Å². The van der Waals surface area contributed by atoms with Crippen LogP contribution >= 0.6 is 0 Å². The fourth-order valence-corrected chi connectivity index (χ4v) is 3.34. The Morgan fingerprint density at radius 1 is 1.17 bits per heavy atom. The maximum atomic E-state index is 12.0. The molecule has 4 heteroatoms. The van der Waals surface area contributed by atoms with E-state index in [2.05, 4.69) is 10.6 Å².